The van der Waals surface area contributed by atoms with Crippen molar-refractivity contribution in [3.63, 3.8) is 0 Å². The quantitative estimate of drug-likeness (QED) is 0.0261. The van der Waals surface area contributed by atoms with Gasteiger partial charge in [0, 0.05) is 19.3 Å². The lowest BCUT2D eigenvalue weighted by Crippen LogP contribution is -2.30. The van der Waals surface area contributed by atoms with Gasteiger partial charge in [0.2, 0.25) is 0 Å². The van der Waals surface area contributed by atoms with Crippen LogP contribution in [0.2, 0.25) is 0 Å². The van der Waals surface area contributed by atoms with Crippen molar-refractivity contribution in [2.45, 2.75) is 361 Å². The van der Waals surface area contributed by atoms with Crippen LogP contribution in [0.4, 0.5) is 0 Å². The Kier molecular flexibility index (Phi) is 58.6. The molecule has 0 aromatic carbocycles. The van der Waals surface area contributed by atoms with Crippen molar-refractivity contribution < 1.29 is 28.6 Å². The molecule has 0 spiro atoms. The molecule has 0 heterocycles. The molecule has 0 N–H and O–H groups in total. The lowest BCUT2D eigenvalue weighted by molar-refractivity contribution is -0.167. The van der Waals surface area contributed by atoms with E-state index in [9.17, 15) is 14.4 Å². The molecule has 0 saturated carbocycles. The number of esters is 3. The molecule has 71 heavy (non-hydrogen) atoms. The number of carbonyl (C=O) groups is 3. The second-order valence-electron chi connectivity index (χ2n) is 21.7. The van der Waals surface area contributed by atoms with Crippen molar-refractivity contribution in [1.29, 1.82) is 0 Å². The van der Waals surface area contributed by atoms with Gasteiger partial charge < -0.3 is 14.2 Å². The molecular formula is C65H122O6. The highest BCUT2D eigenvalue weighted by atomic mass is 16.6. The van der Waals surface area contributed by atoms with Crippen molar-refractivity contribution in [3.8, 4) is 0 Å². The molecule has 0 radical (unpaired) electrons. The first-order valence-electron chi connectivity index (χ1n) is 31.8. The maximum Gasteiger partial charge on any atom is 0.306 e. The highest BCUT2D eigenvalue weighted by Crippen LogP contribution is 2.18. The van der Waals surface area contributed by atoms with Gasteiger partial charge in [0.15, 0.2) is 6.10 Å². The highest BCUT2D eigenvalue weighted by Gasteiger charge is 2.19. The Labute approximate surface area is 443 Å². The molecule has 0 aromatic rings. The monoisotopic (exact) mass is 999 g/mol. The maximum absolute atomic E-state index is 12.9. The van der Waals surface area contributed by atoms with Crippen molar-refractivity contribution in [3.05, 3.63) is 24.3 Å². The van der Waals surface area contributed by atoms with Gasteiger partial charge in [0.05, 0.1) is 0 Å². The molecule has 0 aliphatic heterocycles. The topological polar surface area (TPSA) is 78.9 Å². The number of ether oxygens (including phenoxy) is 3. The van der Waals surface area contributed by atoms with E-state index in [1.54, 1.807) is 0 Å². The molecule has 0 rings (SSSR count). The fourth-order valence-corrected chi connectivity index (χ4v) is 9.65. The van der Waals surface area contributed by atoms with E-state index in [0.29, 0.717) is 19.3 Å². The Morgan fingerprint density at radius 1 is 0.282 bits per heavy atom. The van der Waals surface area contributed by atoms with Crippen LogP contribution in [-0.4, -0.2) is 37.2 Å². The molecule has 0 aromatic heterocycles. The standard InChI is InChI=1S/C65H122O6/c1-4-7-10-13-16-19-22-25-28-31-32-35-37-40-43-46-49-52-55-58-64(67)70-61-62(71-65(68)59-56-53-50-47-44-41-38-34-30-27-24-21-18-15-12-9-6-3)60-69-63(66)57-54-51-48-45-42-39-36-33-29-26-23-20-17-14-11-8-5-2/h16,19,25,28,62H,4-15,17-18,20-24,26-27,29-61H2,1-3H3/b19-16+,28-25+/t62-/m1/s1. The molecule has 0 unspecified atom stereocenters. The summed E-state index contributed by atoms with van der Waals surface area (Å²) in [5, 5.41) is 0. The molecule has 0 fully saturated rings. The highest BCUT2D eigenvalue weighted by molar-refractivity contribution is 5.71. The number of allylic oxidation sites excluding steroid dienone is 4. The molecule has 1 atom stereocenters. The average molecular weight is 1000 g/mol. The Morgan fingerprint density at radius 3 is 0.803 bits per heavy atom. The second-order valence-corrected chi connectivity index (χ2v) is 21.7. The van der Waals surface area contributed by atoms with Crippen molar-refractivity contribution >= 4 is 17.9 Å². The van der Waals surface area contributed by atoms with Crippen LogP contribution in [-0.2, 0) is 28.6 Å². The summed E-state index contributed by atoms with van der Waals surface area (Å²) in [7, 11) is 0. The van der Waals surface area contributed by atoms with Gasteiger partial charge in [0.25, 0.3) is 0 Å². The second kappa shape index (κ2) is 60.4. The molecule has 6 nitrogen and oxygen atoms in total. The van der Waals surface area contributed by atoms with Gasteiger partial charge in [0.1, 0.15) is 13.2 Å². The van der Waals surface area contributed by atoms with Gasteiger partial charge in [-0.25, -0.2) is 0 Å². The first kappa shape index (κ1) is 68.9. The number of unbranched alkanes of at least 4 members (excludes halogenated alkanes) is 44. The van der Waals surface area contributed by atoms with Crippen LogP contribution in [0.5, 0.6) is 0 Å². The summed E-state index contributed by atoms with van der Waals surface area (Å²) in [6, 6.07) is 0. The fourth-order valence-electron chi connectivity index (χ4n) is 9.65. The summed E-state index contributed by atoms with van der Waals surface area (Å²) < 4.78 is 17.0. The van der Waals surface area contributed by atoms with E-state index in [0.717, 1.165) is 64.2 Å². The zero-order valence-corrected chi connectivity index (χ0v) is 48.0. The lowest BCUT2D eigenvalue weighted by atomic mass is 10.0. The van der Waals surface area contributed by atoms with Gasteiger partial charge in [-0.15, -0.1) is 0 Å². The summed E-state index contributed by atoms with van der Waals surface area (Å²) in [5.41, 5.74) is 0. The van der Waals surface area contributed by atoms with E-state index >= 15 is 0 Å². The minimum absolute atomic E-state index is 0.0661. The van der Waals surface area contributed by atoms with Crippen LogP contribution in [0.25, 0.3) is 0 Å². The fraction of sp³-hybridized carbons (Fsp3) is 0.892. The molecule has 0 aliphatic carbocycles. The first-order chi connectivity index (χ1) is 35.0. The predicted octanol–water partition coefficient (Wildman–Crippen LogP) is 21.4. The molecule has 6 heteroatoms. The predicted molar refractivity (Wildman–Crippen MR) is 307 cm³/mol. The molecule has 418 valence electrons. The van der Waals surface area contributed by atoms with Crippen molar-refractivity contribution in [2.24, 2.45) is 0 Å². The van der Waals surface area contributed by atoms with E-state index in [1.807, 2.05) is 0 Å². The zero-order valence-electron chi connectivity index (χ0n) is 48.0. The number of rotatable bonds is 59. The molecule has 0 aliphatic rings. The molecular weight excluding hydrogens is 877 g/mol. The summed E-state index contributed by atoms with van der Waals surface area (Å²) >= 11 is 0. The number of hydrogen-bond donors (Lipinski definition) is 0. The summed E-state index contributed by atoms with van der Waals surface area (Å²) in [4.78, 5) is 38.3. The third kappa shape index (κ3) is 58.7. The van der Waals surface area contributed by atoms with Gasteiger partial charge in [-0.05, 0) is 51.4 Å². The lowest BCUT2D eigenvalue weighted by Gasteiger charge is -2.18. The van der Waals surface area contributed by atoms with Crippen LogP contribution >= 0.6 is 0 Å². The van der Waals surface area contributed by atoms with E-state index in [4.69, 9.17) is 14.2 Å². The summed E-state index contributed by atoms with van der Waals surface area (Å²) in [6.45, 7) is 6.69. The Hall–Kier alpha value is -2.11. The Bertz CT molecular complexity index is 1150. The molecule has 0 amide bonds. The van der Waals surface area contributed by atoms with Crippen molar-refractivity contribution in [2.75, 3.05) is 13.2 Å². The minimum Gasteiger partial charge on any atom is -0.462 e. The summed E-state index contributed by atoms with van der Waals surface area (Å²) in [6.07, 6.45) is 71.7. The van der Waals surface area contributed by atoms with Crippen molar-refractivity contribution in [1.82, 2.24) is 0 Å². The van der Waals surface area contributed by atoms with Crippen LogP contribution in [0.15, 0.2) is 24.3 Å². The smallest absolute Gasteiger partial charge is 0.306 e. The van der Waals surface area contributed by atoms with Gasteiger partial charge in [-0.3, -0.25) is 14.4 Å². The largest absolute Gasteiger partial charge is 0.462 e. The summed E-state index contributed by atoms with van der Waals surface area (Å²) in [5.74, 6) is -0.841. The Balaban J connectivity index is 4.31. The van der Waals surface area contributed by atoms with E-state index in [2.05, 4.69) is 45.1 Å². The van der Waals surface area contributed by atoms with Crippen LogP contribution in [0.3, 0.4) is 0 Å². The molecule has 0 bridgehead atoms. The Morgan fingerprint density at radius 2 is 0.507 bits per heavy atom. The third-order valence-electron chi connectivity index (χ3n) is 14.5. The van der Waals surface area contributed by atoms with Gasteiger partial charge in [-0.2, -0.15) is 0 Å². The maximum atomic E-state index is 12.9. The van der Waals surface area contributed by atoms with E-state index < -0.39 is 6.10 Å². The van der Waals surface area contributed by atoms with E-state index in [-0.39, 0.29) is 31.1 Å². The van der Waals surface area contributed by atoms with Crippen LogP contribution in [0.1, 0.15) is 355 Å². The number of carbonyl (C=O) groups excluding carboxylic acids is 3. The van der Waals surface area contributed by atoms with Gasteiger partial charge >= 0.3 is 17.9 Å². The number of hydrogen-bond acceptors (Lipinski definition) is 6. The van der Waals surface area contributed by atoms with Gasteiger partial charge in [-0.1, -0.05) is 308 Å². The molecule has 0 saturated heterocycles. The third-order valence-corrected chi connectivity index (χ3v) is 14.5. The average Bonchev–Trinajstić information content (AvgIpc) is 3.37. The SMILES string of the molecule is CCCCC/C=C/C/C=C/CCCCCCCCCCCC(=O)OC[C@@H](COC(=O)CCCCCCCCCCCCCCCCCCC)OC(=O)CCCCCCCCCCCCCCCCCCC. The van der Waals surface area contributed by atoms with E-state index in [1.165, 1.54) is 250 Å². The minimum atomic E-state index is -0.768. The normalized spacial score (nSPS) is 12.1. The van der Waals surface area contributed by atoms with Crippen LogP contribution in [0, 0.1) is 0 Å². The zero-order chi connectivity index (χ0) is 51.4. The van der Waals surface area contributed by atoms with Crippen LogP contribution < -0.4 is 0 Å². The first-order valence-corrected chi connectivity index (χ1v) is 31.8.